The first-order valence-corrected chi connectivity index (χ1v) is 7.82. The monoisotopic (exact) mass is 323 g/mol. The van der Waals surface area contributed by atoms with E-state index >= 15 is 0 Å². The van der Waals surface area contributed by atoms with Gasteiger partial charge in [-0.2, -0.15) is 0 Å². The molecule has 0 aliphatic rings. The number of nitrogens with one attached hydrogen (secondary N) is 1. The summed E-state index contributed by atoms with van der Waals surface area (Å²) in [5, 5.41) is 4.87. The molecule has 1 N–H and O–H groups in total. The van der Waals surface area contributed by atoms with Crippen LogP contribution in [0.5, 0.6) is 0 Å². The fourth-order valence-electron chi connectivity index (χ4n) is 2.18. The number of halogens is 2. The van der Waals surface area contributed by atoms with Gasteiger partial charge in [0.2, 0.25) is 0 Å². The van der Waals surface area contributed by atoms with Crippen molar-refractivity contribution in [3.8, 4) is 0 Å². The van der Waals surface area contributed by atoms with Crippen molar-refractivity contribution < 1.29 is 0 Å². The summed E-state index contributed by atoms with van der Waals surface area (Å²) in [5.74, 6) is 0.776. The first-order valence-electron chi connectivity index (χ1n) is 7.07. The average molecular weight is 324 g/mol. The summed E-state index contributed by atoms with van der Waals surface area (Å²) in [5.41, 5.74) is 2.05. The zero-order valence-electron chi connectivity index (χ0n) is 12.2. The molecule has 1 aromatic carbocycles. The van der Waals surface area contributed by atoms with E-state index in [0.717, 1.165) is 36.5 Å². The second-order valence-electron chi connectivity index (χ2n) is 4.98. The Labute approximate surface area is 135 Å². The van der Waals surface area contributed by atoms with Gasteiger partial charge in [0.25, 0.3) is 0 Å². The van der Waals surface area contributed by atoms with Gasteiger partial charge in [0.05, 0.1) is 11.7 Å². The van der Waals surface area contributed by atoms with Gasteiger partial charge in [-0.25, -0.2) is 9.97 Å². The van der Waals surface area contributed by atoms with Crippen LogP contribution in [0.4, 0.5) is 0 Å². The van der Waals surface area contributed by atoms with Gasteiger partial charge < -0.3 is 5.32 Å². The molecule has 0 spiro atoms. The van der Waals surface area contributed by atoms with Crippen molar-refractivity contribution in [1.82, 2.24) is 15.3 Å². The molecule has 5 heteroatoms. The number of nitrogens with zero attached hydrogens (tertiary/aromatic N) is 2. The lowest BCUT2D eigenvalue weighted by Gasteiger charge is -2.19. The van der Waals surface area contributed by atoms with Crippen LogP contribution in [0, 0.1) is 6.92 Å². The highest BCUT2D eigenvalue weighted by atomic mass is 35.5. The summed E-state index contributed by atoms with van der Waals surface area (Å²) >= 11 is 12.2. The highest BCUT2D eigenvalue weighted by molar-refractivity contribution is 6.35. The van der Waals surface area contributed by atoms with Gasteiger partial charge in [-0.05, 0) is 50.1 Å². The van der Waals surface area contributed by atoms with E-state index in [1.54, 1.807) is 12.3 Å². The second-order valence-corrected chi connectivity index (χ2v) is 5.82. The molecule has 0 saturated heterocycles. The largest absolute Gasteiger partial charge is 0.308 e. The van der Waals surface area contributed by atoms with Crippen molar-refractivity contribution >= 4 is 23.2 Å². The maximum atomic E-state index is 6.28. The van der Waals surface area contributed by atoms with E-state index in [1.165, 1.54) is 0 Å². The Morgan fingerprint density at radius 2 is 2.05 bits per heavy atom. The molecule has 3 nitrogen and oxygen atoms in total. The number of rotatable bonds is 6. The standard InChI is InChI=1S/C16H19Cl2N3/c1-3-7-20-16(15-6-8-19-11(2)21-15)9-12-4-5-13(17)10-14(12)18/h4-6,8,10,16,20H,3,7,9H2,1-2H3. The summed E-state index contributed by atoms with van der Waals surface area (Å²) in [7, 11) is 0. The third-order valence-corrected chi connectivity index (χ3v) is 3.82. The molecule has 0 saturated carbocycles. The maximum absolute atomic E-state index is 6.28. The molecule has 2 aromatic rings. The quantitative estimate of drug-likeness (QED) is 0.857. The number of aromatic nitrogens is 2. The van der Waals surface area contributed by atoms with Gasteiger partial charge in [0, 0.05) is 16.2 Å². The van der Waals surface area contributed by atoms with Crippen LogP contribution >= 0.6 is 23.2 Å². The Morgan fingerprint density at radius 1 is 1.24 bits per heavy atom. The number of benzene rings is 1. The van der Waals surface area contributed by atoms with Crippen molar-refractivity contribution in [2.75, 3.05) is 6.54 Å². The first kappa shape index (κ1) is 16.2. The molecule has 0 aliphatic heterocycles. The van der Waals surface area contributed by atoms with Crippen LogP contribution in [0.25, 0.3) is 0 Å². The van der Waals surface area contributed by atoms with Crippen LogP contribution in [0.2, 0.25) is 10.0 Å². The third-order valence-electron chi connectivity index (χ3n) is 3.23. The lowest BCUT2D eigenvalue weighted by atomic mass is 10.0. The summed E-state index contributed by atoms with van der Waals surface area (Å²) in [4.78, 5) is 8.68. The molecule has 0 aliphatic carbocycles. The summed E-state index contributed by atoms with van der Waals surface area (Å²) < 4.78 is 0. The van der Waals surface area contributed by atoms with E-state index in [-0.39, 0.29) is 6.04 Å². The van der Waals surface area contributed by atoms with Gasteiger partial charge in [-0.3, -0.25) is 0 Å². The highest BCUT2D eigenvalue weighted by Crippen LogP contribution is 2.25. The van der Waals surface area contributed by atoms with Crippen molar-refractivity contribution in [1.29, 1.82) is 0 Å². The van der Waals surface area contributed by atoms with E-state index in [0.29, 0.717) is 10.0 Å². The highest BCUT2D eigenvalue weighted by Gasteiger charge is 2.15. The molecule has 1 atom stereocenters. The molecular formula is C16H19Cl2N3. The van der Waals surface area contributed by atoms with Gasteiger partial charge in [-0.1, -0.05) is 36.2 Å². The molecule has 0 bridgehead atoms. The Hall–Kier alpha value is -1.16. The molecule has 112 valence electrons. The van der Waals surface area contributed by atoms with Gasteiger partial charge in [0.1, 0.15) is 5.82 Å². The molecule has 1 unspecified atom stereocenters. The van der Waals surface area contributed by atoms with E-state index in [9.17, 15) is 0 Å². The third kappa shape index (κ3) is 4.67. The van der Waals surface area contributed by atoms with Crippen molar-refractivity contribution in [2.45, 2.75) is 32.7 Å². The topological polar surface area (TPSA) is 37.8 Å². The fourth-order valence-corrected chi connectivity index (χ4v) is 2.66. The Balaban J connectivity index is 2.23. The van der Waals surface area contributed by atoms with Gasteiger partial charge in [-0.15, -0.1) is 0 Å². The van der Waals surface area contributed by atoms with Gasteiger partial charge >= 0.3 is 0 Å². The zero-order chi connectivity index (χ0) is 15.2. The Bertz CT molecular complexity index is 602. The molecule has 1 heterocycles. The lowest BCUT2D eigenvalue weighted by molar-refractivity contribution is 0.515. The number of aryl methyl sites for hydroxylation is 1. The molecule has 0 fully saturated rings. The summed E-state index contributed by atoms with van der Waals surface area (Å²) in [6.45, 7) is 4.97. The lowest BCUT2D eigenvalue weighted by Crippen LogP contribution is -2.25. The van der Waals surface area contributed by atoms with E-state index in [2.05, 4.69) is 22.2 Å². The van der Waals surface area contributed by atoms with Crippen LogP contribution in [-0.4, -0.2) is 16.5 Å². The SMILES string of the molecule is CCCNC(Cc1ccc(Cl)cc1Cl)c1ccnc(C)n1. The second kappa shape index (κ2) is 7.74. The Morgan fingerprint density at radius 3 is 2.71 bits per heavy atom. The smallest absolute Gasteiger partial charge is 0.125 e. The average Bonchev–Trinajstić information content (AvgIpc) is 2.45. The van der Waals surface area contributed by atoms with Crippen molar-refractivity contribution in [3.05, 3.63) is 57.6 Å². The maximum Gasteiger partial charge on any atom is 0.125 e. The van der Waals surface area contributed by atoms with E-state index < -0.39 is 0 Å². The van der Waals surface area contributed by atoms with Crippen LogP contribution in [-0.2, 0) is 6.42 Å². The molecular weight excluding hydrogens is 305 g/mol. The number of hydrogen-bond donors (Lipinski definition) is 1. The van der Waals surface area contributed by atoms with Crippen LogP contribution in [0.1, 0.15) is 36.5 Å². The van der Waals surface area contributed by atoms with E-state index in [4.69, 9.17) is 23.2 Å². The van der Waals surface area contributed by atoms with Crippen LogP contribution < -0.4 is 5.32 Å². The molecule has 1 aromatic heterocycles. The summed E-state index contributed by atoms with van der Waals surface area (Å²) in [6.07, 6.45) is 3.63. The molecule has 0 amide bonds. The first-order chi connectivity index (χ1) is 10.1. The number of hydrogen-bond acceptors (Lipinski definition) is 3. The van der Waals surface area contributed by atoms with Crippen LogP contribution in [0.15, 0.2) is 30.5 Å². The minimum Gasteiger partial charge on any atom is -0.308 e. The molecule has 2 rings (SSSR count). The zero-order valence-corrected chi connectivity index (χ0v) is 13.7. The van der Waals surface area contributed by atoms with Crippen molar-refractivity contribution in [2.24, 2.45) is 0 Å². The summed E-state index contributed by atoms with van der Waals surface area (Å²) in [6, 6.07) is 7.68. The van der Waals surface area contributed by atoms with Gasteiger partial charge in [0.15, 0.2) is 0 Å². The predicted octanol–water partition coefficient (Wildman–Crippen LogP) is 4.38. The predicted molar refractivity (Wildman–Crippen MR) is 88.0 cm³/mol. The fraction of sp³-hybridized carbons (Fsp3) is 0.375. The molecule has 21 heavy (non-hydrogen) atoms. The minimum atomic E-state index is 0.116. The van der Waals surface area contributed by atoms with E-state index in [1.807, 2.05) is 25.1 Å². The van der Waals surface area contributed by atoms with Crippen molar-refractivity contribution in [3.63, 3.8) is 0 Å². The molecule has 0 radical (unpaired) electrons. The Kier molecular flexibility index (Phi) is 5.97. The van der Waals surface area contributed by atoms with Crippen LogP contribution in [0.3, 0.4) is 0 Å². The minimum absolute atomic E-state index is 0.116. The normalized spacial score (nSPS) is 12.4.